The van der Waals surface area contributed by atoms with E-state index in [2.05, 4.69) is 24.1 Å². The maximum Gasteiger partial charge on any atom is 0.236 e. The Hall–Kier alpha value is -1.37. The van der Waals surface area contributed by atoms with E-state index in [0.717, 1.165) is 36.7 Å². The summed E-state index contributed by atoms with van der Waals surface area (Å²) in [7, 11) is 3.31. The standard InChI is InChI=1S/C19H31N3O3.2ClH/c1-13(2)7-18(20)19(23)21-11-14-5-6-22(12-14)15-8-16(24-3)10-17(9-15)25-4;;/h8-10,13-14,18H,5-7,11-12,20H2,1-4H3,(H,21,23);2*1H/t14?,18-;;/m0../s1. The summed E-state index contributed by atoms with van der Waals surface area (Å²) < 4.78 is 10.7. The molecular formula is C19H33Cl2N3O3. The summed E-state index contributed by atoms with van der Waals surface area (Å²) in [5.41, 5.74) is 7.02. The summed E-state index contributed by atoms with van der Waals surface area (Å²) in [5.74, 6) is 2.37. The van der Waals surface area contributed by atoms with Crippen LogP contribution in [0.4, 0.5) is 5.69 Å². The van der Waals surface area contributed by atoms with Crippen LogP contribution < -0.4 is 25.4 Å². The minimum absolute atomic E-state index is 0. The maximum absolute atomic E-state index is 12.1. The molecule has 0 radical (unpaired) electrons. The van der Waals surface area contributed by atoms with Crippen LogP contribution in [0.1, 0.15) is 26.7 Å². The smallest absolute Gasteiger partial charge is 0.236 e. The lowest BCUT2D eigenvalue weighted by Crippen LogP contribution is -2.43. The predicted octanol–water partition coefficient (Wildman–Crippen LogP) is 2.86. The molecule has 1 fully saturated rings. The predicted molar refractivity (Wildman–Crippen MR) is 115 cm³/mol. The van der Waals surface area contributed by atoms with Crippen LogP contribution in [0.3, 0.4) is 0 Å². The molecule has 0 saturated carbocycles. The lowest BCUT2D eigenvalue weighted by Gasteiger charge is -2.21. The van der Waals surface area contributed by atoms with Gasteiger partial charge in [0, 0.05) is 43.5 Å². The van der Waals surface area contributed by atoms with Gasteiger partial charge in [-0.05, 0) is 24.7 Å². The summed E-state index contributed by atoms with van der Waals surface area (Å²) in [5, 5.41) is 3.01. The topological polar surface area (TPSA) is 76.8 Å². The first-order valence-electron chi connectivity index (χ1n) is 8.94. The van der Waals surface area contributed by atoms with Crippen molar-refractivity contribution in [2.75, 3.05) is 38.8 Å². The number of nitrogens with zero attached hydrogens (tertiary/aromatic N) is 1. The molecule has 27 heavy (non-hydrogen) atoms. The quantitative estimate of drug-likeness (QED) is 0.674. The first kappa shape index (κ1) is 25.6. The highest BCUT2D eigenvalue weighted by Crippen LogP contribution is 2.31. The number of nitrogens with one attached hydrogen (secondary N) is 1. The Morgan fingerprint density at radius 3 is 2.33 bits per heavy atom. The lowest BCUT2D eigenvalue weighted by molar-refractivity contribution is -0.122. The number of carbonyl (C=O) groups excluding carboxylic acids is 1. The molecule has 6 nitrogen and oxygen atoms in total. The number of nitrogens with two attached hydrogens (primary N) is 1. The van der Waals surface area contributed by atoms with Gasteiger partial charge in [-0.1, -0.05) is 13.8 Å². The van der Waals surface area contributed by atoms with Crippen molar-refractivity contribution in [3.8, 4) is 11.5 Å². The number of ether oxygens (including phenoxy) is 2. The van der Waals surface area contributed by atoms with Crippen molar-refractivity contribution in [1.82, 2.24) is 5.32 Å². The number of halogens is 2. The highest BCUT2D eigenvalue weighted by Gasteiger charge is 2.25. The number of carbonyl (C=O) groups is 1. The van der Waals surface area contributed by atoms with Gasteiger partial charge in [0.2, 0.25) is 5.91 Å². The summed E-state index contributed by atoms with van der Waals surface area (Å²) in [6.45, 7) is 6.67. The molecule has 2 rings (SSSR count). The molecule has 8 heteroatoms. The van der Waals surface area contributed by atoms with Gasteiger partial charge in [0.25, 0.3) is 0 Å². The molecule has 1 aliphatic rings. The van der Waals surface area contributed by atoms with Gasteiger partial charge in [0.15, 0.2) is 0 Å². The second kappa shape index (κ2) is 12.2. The van der Waals surface area contributed by atoms with Crippen molar-refractivity contribution in [3.63, 3.8) is 0 Å². The monoisotopic (exact) mass is 421 g/mol. The first-order valence-corrected chi connectivity index (χ1v) is 8.94. The van der Waals surface area contributed by atoms with Gasteiger partial charge < -0.3 is 25.4 Å². The summed E-state index contributed by atoms with van der Waals surface area (Å²) in [6.07, 6.45) is 1.76. The fourth-order valence-corrected chi connectivity index (χ4v) is 3.20. The summed E-state index contributed by atoms with van der Waals surface area (Å²) in [6, 6.07) is 5.48. The average Bonchev–Trinajstić information content (AvgIpc) is 3.07. The zero-order chi connectivity index (χ0) is 18.4. The molecule has 1 aromatic rings. The fourth-order valence-electron chi connectivity index (χ4n) is 3.20. The molecular weight excluding hydrogens is 389 g/mol. The van der Waals surface area contributed by atoms with Crippen LogP contribution in [0.5, 0.6) is 11.5 Å². The third-order valence-electron chi connectivity index (χ3n) is 4.61. The van der Waals surface area contributed by atoms with Crippen molar-refractivity contribution >= 4 is 36.4 Å². The minimum atomic E-state index is -0.417. The average molecular weight is 422 g/mol. The van der Waals surface area contributed by atoms with Gasteiger partial charge in [-0.15, -0.1) is 24.8 Å². The molecule has 156 valence electrons. The van der Waals surface area contributed by atoms with E-state index in [-0.39, 0.29) is 30.7 Å². The summed E-state index contributed by atoms with van der Waals surface area (Å²) in [4.78, 5) is 14.4. The van der Waals surface area contributed by atoms with Crippen LogP contribution in [0.15, 0.2) is 18.2 Å². The van der Waals surface area contributed by atoms with E-state index in [9.17, 15) is 4.79 Å². The molecule has 0 aromatic heterocycles. The number of amides is 1. The Labute approximate surface area is 175 Å². The highest BCUT2D eigenvalue weighted by atomic mass is 35.5. The lowest BCUT2D eigenvalue weighted by atomic mass is 10.0. The number of hydrogen-bond acceptors (Lipinski definition) is 5. The van der Waals surface area contributed by atoms with Crippen LogP contribution in [-0.2, 0) is 4.79 Å². The molecule has 1 unspecified atom stereocenters. The van der Waals surface area contributed by atoms with Crippen molar-refractivity contribution in [2.24, 2.45) is 17.6 Å². The Morgan fingerprint density at radius 1 is 1.22 bits per heavy atom. The fraction of sp³-hybridized carbons (Fsp3) is 0.632. The van der Waals surface area contributed by atoms with Crippen molar-refractivity contribution in [3.05, 3.63) is 18.2 Å². The SMILES string of the molecule is COc1cc(OC)cc(N2CCC(CNC(=O)[C@@H](N)CC(C)C)C2)c1.Cl.Cl. The molecule has 0 aliphatic carbocycles. The van der Waals surface area contributed by atoms with E-state index < -0.39 is 6.04 Å². The van der Waals surface area contributed by atoms with E-state index >= 15 is 0 Å². The molecule has 1 amide bonds. The number of anilines is 1. The molecule has 1 saturated heterocycles. The Balaban J connectivity index is 0.00000338. The normalized spacial score (nSPS) is 17.0. The maximum atomic E-state index is 12.1. The van der Waals surface area contributed by atoms with Gasteiger partial charge in [-0.25, -0.2) is 0 Å². The number of rotatable bonds is 8. The van der Waals surface area contributed by atoms with Gasteiger partial charge in [-0.2, -0.15) is 0 Å². The zero-order valence-electron chi connectivity index (χ0n) is 16.6. The Bertz CT molecular complexity index is 565. The molecule has 1 heterocycles. The first-order chi connectivity index (χ1) is 11.9. The van der Waals surface area contributed by atoms with E-state index in [4.69, 9.17) is 15.2 Å². The van der Waals surface area contributed by atoms with Gasteiger partial charge in [0.05, 0.1) is 20.3 Å². The number of hydrogen-bond donors (Lipinski definition) is 2. The van der Waals surface area contributed by atoms with Crippen molar-refractivity contribution in [2.45, 2.75) is 32.7 Å². The van der Waals surface area contributed by atoms with Crippen LogP contribution in [0.2, 0.25) is 0 Å². The van der Waals surface area contributed by atoms with Crippen molar-refractivity contribution < 1.29 is 14.3 Å². The van der Waals surface area contributed by atoms with E-state index in [1.807, 2.05) is 18.2 Å². The zero-order valence-corrected chi connectivity index (χ0v) is 18.2. The molecule has 0 spiro atoms. The molecule has 1 aromatic carbocycles. The number of benzene rings is 1. The van der Waals surface area contributed by atoms with Crippen LogP contribution in [0, 0.1) is 11.8 Å². The molecule has 1 aliphatic heterocycles. The van der Waals surface area contributed by atoms with E-state index in [1.54, 1.807) is 14.2 Å². The van der Waals surface area contributed by atoms with E-state index in [0.29, 0.717) is 24.8 Å². The van der Waals surface area contributed by atoms with E-state index in [1.165, 1.54) is 0 Å². The van der Waals surface area contributed by atoms with Gasteiger partial charge in [0.1, 0.15) is 11.5 Å². The Morgan fingerprint density at radius 2 is 1.81 bits per heavy atom. The van der Waals surface area contributed by atoms with Crippen LogP contribution in [0.25, 0.3) is 0 Å². The number of methoxy groups -OCH3 is 2. The second-order valence-electron chi connectivity index (χ2n) is 7.15. The Kier molecular flexibility index (Phi) is 11.5. The van der Waals surface area contributed by atoms with Gasteiger partial charge >= 0.3 is 0 Å². The third kappa shape index (κ3) is 7.64. The highest BCUT2D eigenvalue weighted by molar-refractivity contribution is 5.85. The molecule has 2 atom stereocenters. The third-order valence-corrected chi connectivity index (χ3v) is 4.61. The minimum Gasteiger partial charge on any atom is -0.497 e. The largest absolute Gasteiger partial charge is 0.497 e. The molecule has 3 N–H and O–H groups in total. The summed E-state index contributed by atoms with van der Waals surface area (Å²) >= 11 is 0. The van der Waals surface area contributed by atoms with Crippen LogP contribution in [-0.4, -0.2) is 45.8 Å². The van der Waals surface area contributed by atoms with Gasteiger partial charge in [-0.3, -0.25) is 4.79 Å². The van der Waals surface area contributed by atoms with Crippen LogP contribution >= 0.6 is 24.8 Å². The van der Waals surface area contributed by atoms with Crippen molar-refractivity contribution in [1.29, 1.82) is 0 Å². The molecule has 0 bridgehead atoms. The second-order valence-corrected chi connectivity index (χ2v) is 7.15.